The van der Waals surface area contributed by atoms with Crippen LogP contribution >= 0.6 is 0 Å². The minimum Gasteiger partial charge on any atom is -0.381 e. The Bertz CT molecular complexity index is 337. The van der Waals surface area contributed by atoms with Gasteiger partial charge in [-0.15, -0.1) is 0 Å². The second-order valence-corrected chi connectivity index (χ2v) is 5.30. The molecule has 18 heavy (non-hydrogen) atoms. The van der Waals surface area contributed by atoms with Crippen molar-refractivity contribution in [3.63, 3.8) is 0 Å². The minimum absolute atomic E-state index is 0.134. The molecular weight excluding hydrogens is 232 g/mol. The maximum atomic E-state index is 12.0. The van der Waals surface area contributed by atoms with Crippen LogP contribution in [0.15, 0.2) is 0 Å². The predicted octanol–water partition coefficient (Wildman–Crippen LogP) is 1.56. The summed E-state index contributed by atoms with van der Waals surface area (Å²) in [6.45, 7) is 3.15. The van der Waals surface area contributed by atoms with Crippen molar-refractivity contribution in [1.82, 2.24) is 0 Å². The summed E-state index contributed by atoms with van der Waals surface area (Å²) < 4.78 is 5.30. The van der Waals surface area contributed by atoms with Crippen LogP contribution < -0.4 is 0 Å². The molecule has 1 saturated heterocycles. The summed E-state index contributed by atoms with van der Waals surface area (Å²) in [4.78, 5) is 35.6. The molecule has 0 aromatic rings. The van der Waals surface area contributed by atoms with Gasteiger partial charge in [0.05, 0.1) is 0 Å². The van der Waals surface area contributed by atoms with Crippen molar-refractivity contribution in [2.45, 2.75) is 39.0 Å². The molecule has 1 saturated carbocycles. The van der Waals surface area contributed by atoms with Crippen LogP contribution in [0.2, 0.25) is 0 Å². The Hall–Kier alpha value is -1.03. The van der Waals surface area contributed by atoms with Gasteiger partial charge < -0.3 is 4.74 Å². The van der Waals surface area contributed by atoms with Crippen LogP contribution in [-0.4, -0.2) is 30.6 Å². The molecular formula is C14H20O4. The zero-order valence-corrected chi connectivity index (χ0v) is 10.8. The number of carbonyl (C=O) groups excluding carboxylic acids is 3. The number of hydrogen-bond donors (Lipinski definition) is 0. The van der Waals surface area contributed by atoms with Crippen molar-refractivity contribution < 1.29 is 19.1 Å². The number of Topliss-reactive ketones (excluding diaryl/α,β-unsaturated/α-hetero) is 3. The molecule has 0 N–H and O–H groups in total. The first-order valence-electron chi connectivity index (χ1n) is 6.79. The van der Waals surface area contributed by atoms with E-state index in [0.717, 1.165) is 26.1 Å². The Balaban J connectivity index is 2.02. The van der Waals surface area contributed by atoms with Gasteiger partial charge in [-0.25, -0.2) is 0 Å². The highest BCUT2D eigenvalue weighted by atomic mass is 16.5. The summed E-state index contributed by atoms with van der Waals surface area (Å²) in [6.07, 6.45) is 2.92. The summed E-state index contributed by atoms with van der Waals surface area (Å²) in [5.41, 5.74) is 0. The van der Waals surface area contributed by atoms with E-state index < -0.39 is 5.92 Å². The average molecular weight is 252 g/mol. The zero-order chi connectivity index (χ0) is 13.1. The van der Waals surface area contributed by atoms with Crippen molar-refractivity contribution in [2.75, 3.05) is 13.2 Å². The maximum Gasteiger partial charge on any atom is 0.151 e. The van der Waals surface area contributed by atoms with Gasteiger partial charge in [0, 0.05) is 32.5 Å². The van der Waals surface area contributed by atoms with Gasteiger partial charge in [0.25, 0.3) is 0 Å². The standard InChI is InChI=1S/C14H20O4/c1-2-11(15)14-12(16)7-10(8-13(14)17)9-3-5-18-6-4-9/h9-10,14H,2-8H2,1H3. The van der Waals surface area contributed by atoms with Crippen molar-refractivity contribution in [3.8, 4) is 0 Å². The fourth-order valence-electron chi connectivity index (χ4n) is 3.09. The lowest BCUT2D eigenvalue weighted by Gasteiger charge is -2.33. The highest BCUT2D eigenvalue weighted by Crippen LogP contribution is 2.34. The van der Waals surface area contributed by atoms with E-state index in [2.05, 4.69) is 0 Å². The number of carbonyl (C=O) groups is 3. The first kappa shape index (κ1) is 13.4. The molecule has 0 amide bonds. The summed E-state index contributed by atoms with van der Waals surface area (Å²) >= 11 is 0. The molecule has 0 unspecified atom stereocenters. The topological polar surface area (TPSA) is 60.4 Å². The smallest absolute Gasteiger partial charge is 0.151 e. The van der Waals surface area contributed by atoms with Crippen molar-refractivity contribution in [3.05, 3.63) is 0 Å². The van der Waals surface area contributed by atoms with Gasteiger partial charge in [0.1, 0.15) is 5.92 Å². The second kappa shape index (κ2) is 5.74. The Morgan fingerprint density at radius 3 is 2.17 bits per heavy atom. The molecule has 100 valence electrons. The Morgan fingerprint density at radius 1 is 1.11 bits per heavy atom. The summed E-state index contributed by atoms with van der Waals surface area (Å²) in [5.74, 6) is -0.940. The quantitative estimate of drug-likeness (QED) is 0.715. The molecule has 1 aliphatic carbocycles. The van der Waals surface area contributed by atoms with E-state index in [-0.39, 0.29) is 29.7 Å². The van der Waals surface area contributed by atoms with Crippen LogP contribution in [0.4, 0.5) is 0 Å². The summed E-state index contributed by atoms with van der Waals surface area (Å²) in [6, 6.07) is 0. The molecule has 4 heteroatoms. The second-order valence-electron chi connectivity index (χ2n) is 5.30. The average Bonchev–Trinajstić information content (AvgIpc) is 2.38. The third kappa shape index (κ3) is 2.69. The monoisotopic (exact) mass is 252 g/mol. The Kier molecular flexibility index (Phi) is 4.27. The number of hydrogen-bond acceptors (Lipinski definition) is 4. The van der Waals surface area contributed by atoms with Crippen LogP contribution in [0, 0.1) is 17.8 Å². The van der Waals surface area contributed by atoms with Gasteiger partial charge in [0.2, 0.25) is 0 Å². The third-order valence-corrected chi connectivity index (χ3v) is 4.17. The molecule has 2 aliphatic rings. The van der Waals surface area contributed by atoms with Gasteiger partial charge in [-0.2, -0.15) is 0 Å². The molecule has 0 atom stereocenters. The largest absolute Gasteiger partial charge is 0.381 e. The van der Waals surface area contributed by atoms with Crippen LogP contribution in [-0.2, 0) is 19.1 Å². The lowest BCUT2D eigenvalue weighted by molar-refractivity contribution is -0.144. The van der Waals surface area contributed by atoms with Gasteiger partial charge in [-0.05, 0) is 24.7 Å². The molecule has 1 heterocycles. The number of ketones is 3. The summed E-state index contributed by atoms with van der Waals surface area (Å²) in [7, 11) is 0. The Labute approximate surface area is 107 Å². The van der Waals surface area contributed by atoms with E-state index in [9.17, 15) is 14.4 Å². The first-order valence-corrected chi connectivity index (χ1v) is 6.79. The highest BCUT2D eigenvalue weighted by Gasteiger charge is 2.41. The van der Waals surface area contributed by atoms with Crippen molar-refractivity contribution >= 4 is 17.3 Å². The zero-order valence-electron chi connectivity index (χ0n) is 10.8. The fourth-order valence-corrected chi connectivity index (χ4v) is 3.09. The molecule has 2 rings (SSSR count). The lowest BCUT2D eigenvalue weighted by atomic mass is 9.71. The van der Waals surface area contributed by atoms with Crippen molar-refractivity contribution in [2.24, 2.45) is 17.8 Å². The molecule has 0 radical (unpaired) electrons. The van der Waals surface area contributed by atoms with Gasteiger partial charge in [-0.3, -0.25) is 14.4 Å². The van der Waals surface area contributed by atoms with E-state index >= 15 is 0 Å². The van der Waals surface area contributed by atoms with E-state index in [1.54, 1.807) is 6.92 Å². The SMILES string of the molecule is CCC(=O)C1C(=O)CC(C2CCOCC2)CC1=O. The first-order chi connectivity index (χ1) is 8.63. The van der Waals surface area contributed by atoms with Gasteiger partial charge in [0.15, 0.2) is 17.3 Å². The van der Waals surface area contributed by atoms with Crippen LogP contribution in [0.3, 0.4) is 0 Å². The highest BCUT2D eigenvalue weighted by molar-refractivity contribution is 6.20. The van der Waals surface area contributed by atoms with Crippen molar-refractivity contribution in [1.29, 1.82) is 0 Å². The molecule has 0 aromatic carbocycles. The van der Waals surface area contributed by atoms with E-state index in [4.69, 9.17) is 4.74 Å². The van der Waals surface area contributed by atoms with E-state index in [0.29, 0.717) is 18.8 Å². The van der Waals surface area contributed by atoms with Gasteiger partial charge in [-0.1, -0.05) is 6.92 Å². The minimum atomic E-state index is -0.953. The van der Waals surface area contributed by atoms with E-state index in [1.807, 2.05) is 0 Å². The normalized spacial score (nSPS) is 30.5. The molecule has 0 bridgehead atoms. The number of rotatable bonds is 3. The molecule has 1 aliphatic heterocycles. The van der Waals surface area contributed by atoms with Crippen LogP contribution in [0.25, 0.3) is 0 Å². The fraction of sp³-hybridized carbons (Fsp3) is 0.786. The third-order valence-electron chi connectivity index (χ3n) is 4.17. The maximum absolute atomic E-state index is 12.0. The molecule has 2 fully saturated rings. The van der Waals surface area contributed by atoms with Gasteiger partial charge >= 0.3 is 0 Å². The summed E-state index contributed by atoms with van der Waals surface area (Å²) in [5, 5.41) is 0. The molecule has 0 aromatic heterocycles. The van der Waals surface area contributed by atoms with Crippen LogP contribution in [0.1, 0.15) is 39.0 Å². The van der Waals surface area contributed by atoms with E-state index in [1.165, 1.54) is 0 Å². The molecule has 0 spiro atoms. The molecule has 4 nitrogen and oxygen atoms in total. The lowest BCUT2D eigenvalue weighted by Crippen LogP contribution is -2.41. The Morgan fingerprint density at radius 2 is 1.67 bits per heavy atom. The number of ether oxygens (including phenoxy) is 1. The van der Waals surface area contributed by atoms with Crippen LogP contribution in [0.5, 0.6) is 0 Å². The predicted molar refractivity (Wildman–Crippen MR) is 65.1 cm³/mol.